The lowest BCUT2D eigenvalue weighted by molar-refractivity contribution is 0.119. The van der Waals surface area contributed by atoms with E-state index in [-0.39, 0.29) is 17.1 Å². The van der Waals surface area contributed by atoms with Crippen LogP contribution >= 0.6 is 0 Å². The molecule has 0 spiro atoms. The van der Waals surface area contributed by atoms with Gasteiger partial charge in [0, 0.05) is 70.7 Å². The van der Waals surface area contributed by atoms with Crippen LogP contribution < -0.4 is 11.2 Å². The lowest BCUT2D eigenvalue weighted by atomic mass is 10.2. The fraction of sp³-hybridized carbons (Fsp3) is 0.444. The summed E-state index contributed by atoms with van der Waals surface area (Å²) in [6, 6.07) is 8.38. The minimum absolute atomic E-state index is 0.167. The van der Waals surface area contributed by atoms with Crippen molar-refractivity contribution >= 4 is 0 Å². The maximum atomic E-state index is 13.8. The summed E-state index contributed by atoms with van der Waals surface area (Å²) < 4.78 is 16.4. The maximum Gasteiger partial charge on any atom is 0.330 e. The van der Waals surface area contributed by atoms with E-state index >= 15 is 0 Å². The van der Waals surface area contributed by atoms with Gasteiger partial charge in [-0.15, -0.1) is 0 Å². The van der Waals surface area contributed by atoms with E-state index in [0.29, 0.717) is 18.7 Å². The van der Waals surface area contributed by atoms with Gasteiger partial charge in [-0.05, 0) is 6.07 Å². The van der Waals surface area contributed by atoms with E-state index in [2.05, 4.69) is 9.80 Å². The molecule has 7 heteroatoms. The summed E-state index contributed by atoms with van der Waals surface area (Å²) in [4.78, 5) is 28.3. The van der Waals surface area contributed by atoms with Crippen molar-refractivity contribution in [3.63, 3.8) is 0 Å². The van der Waals surface area contributed by atoms with Crippen LogP contribution in [-0.4, -0.2) is 45.1 Å². The van der Waals surface area contributed by atoms with Crippen molar-refractivity contribution in [3.05, 3.63) is 68.2 Å². The van der Waals surface area contributed by atoms with Crippen LogP contribution in [0.4, 0.5) is 4.39 Å². The summed E-state index contributed by atoms with van der Waals surface area (Å²) in [5.41, 5.74) is 0.845. The van der Waals surface area contributed by atoms with Crippen LogP contribution in [-0.2, 0) is 27.2 Å². The van der Waals surface area contributed by atoms with Crippen LogP contribution in [0.2, 0.25) is 0 Å². The van der Waals surface area contributed by atoms with Crippen molar-refractivity contribution in [2.45, 2.75) is 13.1 Å². The van der Waals surface area contributed by atoms with Crippen molar-refractivity contribution in [1.29, 1.82) is 0 Å². The average molecular weight is 346 g/mol. The Morgan fingerprint density at radius 2 is 1.52 bits per heavy atom. The predicted octanol–water partition coefficient (Wildman–Crippen LogP) is 0.541. The first-order valence-corrected chi connectivity index (χ1v) is 8.40. The van der Waals surface area contributed by atoms with E-state index in [4.69, 9.17) is 0 Å². The van der Waals surface area contributed by atoms with Gasteiger partial charge in [-0.2, -0.15) is 0 Å². The number of hydrogen-bond donors (Lipinski definition) is 0. The molecule has 0 aliphatic carbocycles. The number of halogens is 1. The highest BCUT2D eigenvalue weighted by atomic mass is 19.1. The molecule has 1 saturated heterocycles. The van der Waals surface area contributed by atoms with Gasteiger partial charge in [-0.25, -0.2) is 9.18 Å². The van der Waals surface area contributed by atoms with Gasteiger partial charge in [-0.3, -0.25) is 23.7 Å². The molecule has 6 nitrogen and oxygen atoms in total. The summed E-state index contributed by atoms with van der Waals surface area (Å²) in [6.07, 6.45) is 0. The van der Waals surface area contributed by atoms with Crippen LogP contribution in [0, 0.1) is 5.82 Å². The molecule has 25 heavy (non-hydrogen) atoms. The molecule has 3 rings (SSSR count). The highest BCUT2D eigenvalue weighted by molar-refractivity contribution is 5.17. The van der Waals surface area contributed by atoms with Crippen molar-refractivity contribution < 1.29 is 4.39 Å². The molecule has 0 N–H and O–H groups in total. The molecule has 1 fully saturated rings. The number of aromatic nitrogens is 2. The average Bonchev–Trinajstić information content (AvgIpc) is 2.61. The Morgan fingerprint density at radius 1 is 0.920 bits per heavy atom. The first kappa shape index (κ1) is 17.6. The topological polar surface area (TPSA) is 50.5 Å². The Labute approximate surface area is 145 Å². The Bertz CT molecular complexity index is 866. The number of benzene rings is 1. The second-order valence-corrected chi connectivity index (χ2v) is 6.52. The molecule has 0 radical (unpaired) electrons. The van der Waals surface area contributed by atoms with Crippen molar-refractivity contribution in [3.8, 4) is 0 Å². The molecule has 0 unspecified atom stereocenters. The first-order valence-electron chi connectivity index (χ1n) is 8.40. The van der Waals surface area contributed by atoms with Gasteiger partial charge in [0.05, 0.1) is 0 Å². The zero-order chi connectivity index (χ0) is 18.0. The van der Waals surface area contributed by atoms with E-state index in [0.717, 1.165) is 36.4 Å². The molecule has 134 valence electrons. The predicted molar refractivity (Wildman–Crippen MR) is 93.9 cm³/mol. The van der Waals surface area contributed by atoms with Gasteiger partial charge >= 0.3 is 5.69 Å². The fourth-order valence-corrected chi connectivity index (χ4v) is 3.13. The van der Waals surface area contributed by atoms with E-state index < -0.39 is 0 Å². The first-order chi connectivity index (χ1) is 12.0. The van der Waals surface area contributed by atoms with Crippen LogP contribution in [0.15, 0.2) is 39.9 Å². The molecule has 0 amide bonds. The van der Waals surface area contributed by atoms with E-state index in [1.54, 1.807) is 13.1 Å². The van der Waals surface area contributed by atoms with Gasteiger partial charge < -0.3 is 0 Å². The Balaban J connectivity index is 1.61. The lowest BCUT2D eigenvalue weighted by Gasteiger charge is -2.35. The van der Waals surface area contributed by atoms with E-state index in [9.17, 15) is 14.0 Å². The minimum Gasteiger partial charge on any atom is -0.299 e. The molecule has 0 bridgehead atoms. The van der Waals surface area contributed by atoms with E-state index in [1.807, 2.05) is 12.1 Å². The van der Waals surface area contributed by atoms with Gasteiger partial charge in [0.15, 0.2) is 0 Å². The van der Waals surface area contributed by atoms with Gasteiger partial charge in [0.25, 0.3) is 5.56 Å². The number of piperazine rings is 1. The quantitative estimate of drug-likeness (QED) is 0.811. The number of nitrogens with zero attached hydrogens (tertiary/aromatic N) is 4. The van der Waals surface area contributed by atoms with Crippen LogP contribution in [0.3, 0.4) is 0 Å². The molecular formula is C18H23FN4O2. The third-order valence-electron chi connectivity index (χ3n) is 4.83. The van der Waals surface area contributed by atoms with Gasteiger partial charge in [-0.1, -0.05) is 18.2 Å². The lowest BCUT2D eigenvalue weighted by Crippen LogP contribution is -2.46. The summed E-state index contributed by atoms with van der Waals surface area (Å²) in [6.45, 7) is 4.45. The molecule has 1 aromatic heterocycles. The Kier molecular flexibility index (Phi) is 5.15. The summed E-state index contributed by atoms with van der Waals surface area (Å²) in [7, 11) is 3.17. The second-order valence-electron chi connectivity index (χ2n) is 6.52. The zero-order valence-corrected chi connectivity index (χ0v) is 14.6. The van der Waals surface area contributed by atoms with Gasteiger partial charge in [0.1, 0.15) is 5.82 Å². The second kappa shape index (κ2) is 7.33. The third-order valence-corrected chi connectivity index (χ3v) is 4.83. The monoisotopic (exact) mass is 346 g/mol. The van der Waals surface area contributed by atoms with Crippen LogP contribution in [0.25, 0.3) is 0 Å². The van der Waals surface area contributed by atoms with E-state index in [1.165, 1.54) is 23.7 Å². The normalized spacial score (nSPS) is 16.3. The highest BCUT2D eigenvalue weighted by Crippen LogP contribution is 2.13. The molecule has 0 saturated carbocycles. The molecule has 1 aliphatic heterocycles. The molecule has 0 atom stereocenters. The maximum absolute atomic E-state index is 13.8. The van der Waals surface area contributed by atoms with Crippen molar-refractivity contribution in [1.82, 2.24) is 18.9 Å². The molecule has 2 heterocycles. The minimum atomic E-state index is -0.305. The van der Waals surface area contributed by atoms with Crippen LogP contribution in [0.5, 0.6) is 0 Å². The summed E-state index contributed by atoms with van der Waals surface area (Å²) >= 11 is 0. The SMILES string of the molecule is Cn1c(CN2CCN(Cc3ccccc3F)CC2)cc(=O)n(C)c1=O. The van der Waals surface area contributed by atoms with Crippen LogP contribution in [0.1, 0.15) is 11.3 Å². The smallest absolute Gasteiger partial charge is 0.299 e. The largest absolute Gasteiger partial charge is 0.330 e. The third kappa shape index (κ3) is 3.88. The zero-order valence-electron chi connectivity index (χ0n) is 14.6. The fourth-order valence-electron chi connectivity index (χ4n) is 3.13. The van der Waals surface area contributed by atoms with Crippen molar-refractivity contribution in [2.75, 3.05) is 26.2 Å². The number of hydrogen-bond acceptors (Lipinski definition) is 4. The highest BCUT2D eigenvalue weighted by Gasteiger charge is 2.19. The van der Waals surface area contributed by atoms with Gasteiger partial charge in [0.2, 0.25) is 0 Å². The summed E-state index contributed by atoms with van der Waals surface area (Å²) in [5, 5.41) is 0. The molecule has 2 aromatic rings. The molecule has 1 aliphatic rings. The summed E-state index contributed by atoms with van der Waals surface area (Å²) in [5.74, 6) is -0.167. The molecule has 1 aromatic carbocycles. The Hall–Kier alpha value is -2.25. The Morgan fingerprint density at radius 3 is 2.16 bits per heavy atom. The van der Waals surface area contributed by atoms with Crippen molar-refractivity contribution in [2.24, 2.45) is 14.1 Å². The molecular weight excluding hydrogens is 323 g/mol. The number of rotatable bonds is 4. The standard InChI is InChI=1S/C18H23FN4O2/c1-20-15(11-17(24)21(2)18(20)25)13-23-9-7-22(8-10-23)12-14-5-3-4-6-16(14)19/h3-6,11H,7-10,12-13H2,1-2H3.